The Morgan fingerprint density at radius 1 is 1.07 bits per heavy atom. The van der Waals surface area contributed by atoms with Gasteiger partial charge < -0.3 is 5.32 Å². The SMILES string of the molecule is CC(=O)NC(=O)C(C)=CC(C)NC(C)=O. The molecule has 84 valence electrons. The zero-order chi connectivity index (χ0) is 12.0. The Labute approximate surface area is 88.9 Å². The standard InChI is InChI=1S/C10H16N2O3/c1-6(10(15)12-9(4)14)5-7(2)11-8(3)13/h5,7H,1-4H3,(H,11,13)(H,12,14,15). The van der Waals surface area contributed by atoms with Crippen LogP contribution in [0.4, 0.5) is 0 Å². The lowest BCUT2D eigenvalue weighted by molar-refractivity contribution is -0.127. The smallest absolute Gasteiger partial charge is 0.253 e. The Morgan fingerprint density at radius 3 is 2.00 bits per heavy atom. The Morgan fingerprint density at radius 2 is 1.60 bits per heavy atom. The maximum absolute atomic E-state index is 11.3. The molecule has 0 aliphatic heterocycles. The minimum atomic E-state index is -0.445. The molecule has 0 heterocycles. The van der Waals surface area contributed by atoms with Gasteiger partial charge in [0.05, 0.1) is 0 Å². The number of amides is 3. The molecule has 0 aromatic heterocycles. The van der Waals surface area contributed by atoms with E-state index in [0.29, 0.717) is 5.57 Å². The molecule has 0 rings (SSSR count). The zero-order valence-electron chi connectivity index (χ0n) is 9.38. The number of nitrogens with one attached hydrogen (secondary N) is 2. The molecule has 0 bridgehead atoms. The number of imide groups is 1. The van der Waals surface area contributed by atoms with Crippen LogP contribution in [0.3, 0.4) is 0 Å². The van der Waals surface area contributed by atoms with E-state index in [-0.39, 0.29) is 11.9 Å². The fourth-order valence-corrected chi connectivity index (χ4v) is 1.07. The highest BCUT2D eigenvalue weighted by Crippen LogP contribution is 1.96. The van der Waals surface area contributed by atoms with Gasteiger partial charge in [0.15, 0.2) is 0 Å². The first-order valence-corrected chi connectivity index (χ1v) is 4.60. The fourth-order valence-electron chi connectivity index (χ4n) is 1.07. The molecular weight excluding hydrogens is 196 g/mol. The van der Waals surface area contributed by atoms with Crippen molar-refractivity contribution in [1.82, 2.24) is 10.6 Å². The summed E-state index contributed by atoms with van der Waals surface area (Å²) >= 11 is 0. The topological polar surface area (TPSA) is 75.3 Å². The van der Waals surface area contributed by atoms with Crippen LogP contribution in [0.15, 0.2) is 11.6 Å². The summed E-state index contributed by atoms with van der Waals surface area (Å²) in [5.41, 5.74) is 0.395. The van der Waals surface area contributed by atoms with Gasteiger partial charge in [-0.1, -0.05) is 6.08 Å². The highest BCUT2D eigenvalue weighted by atomic mass is 16.2. The maximum Gasteiger partial charge on any atom is 0.253 e. The van der Waals surface area contributed by atoms with E-state index in [1.807, 2.05) is 0 Å². The Hall–Kier alpha value is -1.65. The normalized spacial score (nSPS) is 12.9. The van der Waals surface area contributed by atoms with Gasteiger partial charge in [-0.15, -0.1) is 0 Å². The van der Waals surface area contributed by atoms with Crippen LogP contribution in [0, 0.1) is 0 Å². The molecule has 5 nitrogen and oxygen atoms in total. The quantitative estimate of drug-likeness (QED) is 0.652. The predicted octanol–water partition coefficient (Wildman–Crippen LogP) is 0.120. The van der Waals surface area contributed by atoms with Crippen molar-refractivity contribution in [3.63, 3.8) is 0 Å². The van der Waals surface area contributed by atoms with Crippen LogP contribution < -0.4 is 10.6 Å². The van der Waals surface area contributed by atoms with Gasteiger partial charge in [-0.3, -0.25) is 19.7 Å². The van der Waals surface area contributed by atoms with E-state index >= 15 is 0 Å². The second kappa shape index (κ2) is 5.95. The molecule has 0 saturated heterocycles. The first-order chi connectivity index (χ1) is 6.82. The lowest BCUT2D eigenvalue weighted by atomic mass is 10.2. The highest BCUT2D eigenvalue weighted by molar-refractivity contribution is 6.03. The molecule has 0 aliphatic carbocycles. The van der Waals surface area contributed by atoms with Gasteiger partial charge in [-0.25, -0.2) is 0 Å². The van der Waals surface area contributed by atoms with E-state index in [2.05, 4.69) is 10.6 Å². The number of hydrogen-bond acceptors (Lipinski definition) is 3. The van der Waals surface area contributed by atoms with Crippen molar-refractivity contribution >= 4 is 17.7 Å². The largest absolute Gasteiger partial charge is 0.350 e. The van der Waals surface area contributed by atoms with Crippen molar-refractivity contribution in [1.29, 1.82) is 0 Å². The van der Waals surface area contributed by atoms with Crippen LogP contribution in [-0.2, 0) is 14.4 Å². The second-order valence-corrected chi connectivity index (χ2v) is 3.35. The lowest BCUT2D eigenvalue weighted by Crippen LogP contribution is -2.32. The van der Waals surface area contributed by atoms with Gasteiger partial charge in [0.25, 0.3) is 5.91 Å². The monoisotopic (exact) mass is 212 g/mol. The van der Waals surface area contributed by atoms with Crippen molar-refractivity contribution in [2.24, 2.45) is 0 Å². The molecule has 0 spiro atoms. The molecule has 1 unspecified atom stereocenters. The molecule has 0 aromatic rings. The third kappa shape index (κ3) is 6.42. The van der Waals surface area contributed by atoms with Crippen molar-refractivity contribution in [2.75, 3.05) is 0 Å². The third-order valence-electron chi connectivity index (χ3n) is 1.58. The van der Waals surface area contributed by atoms with E-state index in [9.17, 15) is 14.4 Å². The summed E-state index contributed by atoms with van der Waals surface area (Å²) in [6.07, 6.45) is 1.58. The van der Waals surface area contributed by atoms with Gasteiger partial charge in [-0.05, 0) is 13.8 Å². The number of carbonyl (C=O) groups is 3. The molecule has 2 N–H and O–H groups in total. The van der Waals surface area contributed by atoms with Crippen LogP contribution in [-0.4, -0.2) is 23.8 Å². The molecule has 3 amide bonds. The van der Waals surface area contributed by atoms with Crippen molar-refractivity contribution in [2.45, 2.75) is 33.7 Å². The Bertz CT molecular complexity index is 308. The summed E-state index contributed by atoms with van der Waals surface area (Å²) in [4.78, 5) is 32.5. The van der Waals surface area contributed by atoms with Crippen molar-refractivity contribution in [3.8, 4) is 0 Å². The minimum absolute atomic E-state index is 0.168. The minimum Gasteiger partial charge on any atom is -0.350 e. The number of carbonyl (C=O) groups excluding carboxylic acids is 3. The van der Waals surface area contributed by atoms with E-state index in [0.717, 1.165) is 0 Å². The molecule has 0 fully saturated rings. The predicted molar refractivity (Wildman–Crippen MR) is 55.9 cm³/mol. The van der Waals surface area contributed by atoms with Crippen molar-refractivity contribution < 1.29 is 14.4 Å². The Balaban J connectivity index is 4.35. The second-order valence-electron chi connectivity index (χ2n) is 3.35. The van der Waals surface area contributed by atoms with Gasteiger partial charge >= 0.3 is 0 Å². The summed E-state index contributed by atoms with van der Waals surface area (Å²) in [5.74, 6) is -1.02. The highest BCUT2D eigenvalue weighted by Gasteiger charge is 2.07. The lowest BCUT2D eigenvalue weighted by Gasteiger charge is -2.08. The molecule has 5 heteroatoms. The van der Waals surface area contributed by atoms with E-state index in [1.165, 1.54) is 13.8 Å². The summed E-state index contributed by atoms with van der Waals surface area (Å²) in [7, 11) is 0. The molecule has 15 heavy (non-hydrogen) atoms. The molecule has 0 aliphatic rings. The van der Waals surface area contributed by atoms with Crippen LogP contribution in [0.1, 0.15) is 27.7 Å². The molecule has 0 radical (unpaired) electrons. The van der Waals surface area contributed by atoms with Crippen LogP contribution in [0.25, 0.3) is 0 Å². The third-order valence-corrected chi connectivity index (χ3v) is 1.58. The Kier molecular flexibility index (Phi) is 5.30. The summed E-state index contributed by atoms with van der Waals surface area (Å²) in [5, 5.41) is 4.74. The van der Waals surface area contributed by atoms with Gasteiger partial charge in [0.2, 0.25) is 11.8 Å². The van der Waals surface area contributed by atoms with E-state index < -0.39 is 11.8 Å². The average Bonchev–Trinajstić information content (AvgIpc) is 2.00. The molecule has 0 aromatic carbocycles. The summed E-state index contributed by atoms with van der Waals surface area (Å²) < 4.78 is 0. The van der Waals surface area contributed by atoms with Crippen LogP contribution >= 0.6 is 0 Å². The van der Waals surface area contributed by atoms with Crippen molar-refractivity contribution in [3.05, 3.63) is 11.6 Å². The average molecular weight is 212 g/mol. The fraction of sp³-hybridized carbons (Fsp3) is 0.500. The van der Waals surface area contributed by atoms with E-state index in [4.69, 9.17) is 0 Å². The zero-order valence-corrected chi connectivity index (χ0v) is 9.38. The summed E-state index contributed by atoms with van der Waals surface area (Å²) in [6.45, 7) is 5.99. The molecular formula is C10H16N2O3. The first-order valence-electron chi connectivity index (χ1n) is 4.60. The van der Waals surface area contributed by atoms with Gasteiger partial charge in [0, 0.05) is 25.5 Å². The van der Waals surface area contributed by atoms with Crippen LogP contribution in [0.2, 0.25) is 0 Å². The number of hydrogen-bond donors (Lipinski definition) is 2. The molecule has 1 atom stereocenters. The number of rotatable bonds is 3. The van der Waals surface area contributed by atoms with Gasteiger partial charge in [-0.2, -0.15) is 0 Å². The van der Waals surface area contributed by atoms with E-state index in [1.54, 1.807) is 19.9 Å². The molecule has 0 saturated carbocycles. The first kappa shape index (κ1) is 13.4. The van der Waals surface area contributed by atoms with Crippen LogP contribution in [0.5, 0.6) is 0 Å². The maximum atomic E-state index is 11.3. The van der Waals surface area contributed by atoms with Gasteiger partial charge in [0.1, 0.15) is 0 Å². The summed E-state index contributed by atoms with van der Waals surface area (Å²) in [6, 6.07) is -0.236.